The molecule has 2 rings (SSSR count). The van der Waals surface area contributed by atoms with Crippen LogP contribution >= 0.6 is 0 Å². The van der Waals surface area contributed by atoms with Gasteiger partial charge in [0.25, 0.3) is 0 Å². The minimum atomic E-state index is -0.709. The van der Waals surface area contributed by atoms with Crippen LogP contribution in [0.5, 0.6) is 0 Å². The third kappa shape index (κ3) is 3.47. The monoisotopic (exact) mass is 253 g/mol. The zero-order chi connectivity index (χ0) is 13.0. The first-order valence-corrected chi connectivity index (χ1v) is 7.17. The van der Waals surface area contributed by atoms with E-state index in [2.05, 4.69) is 5.32 Å². The van der Waals surface area contributed by atoms with Gasteiger partial charge in [-0.25, -0.2) is 0 Å². The van der Waals surface area contributed by atoms with Crippen molar-refractivity contribution in [3.63, 3.8) is 0 Å². The summed E-state index contributed by atoms with van der Waals surface area (Å²) in [6, 6.07) is 0. The van der Waals surface area contributed by atoms with Crippen molar-refractivity contribution in [3.8, 4) is 0 Å². The first-order chi connectivity index (χ1) is 8.66. The van der Waals surface area contributed by atoms with Gasteiger partial charge in [0.1, 0.15) is 0 Å². The molecule has 0 aromatic heterocycles. The molecule has 0 aliphatic heterocycles. The van der Waals surface area contributed by atoms with Gasteiger partial charge in [-0.1, -0.05) is 12.8 Å². The lowest BCUT2D eigenvalue weighted by molar-refractivity contribution is -0.144. The number of nitrogens with one attached hydrogen (secondary N) is 1. The summed E-state index contributed by atoms with van der Waals surface area (Å²) in [5.74, 6) is -0.0826. The molecule has 0 unspecified atom stereocenters. The van der Waals surface area contributed by atoms with Gasteiger partial charge in [0.2, 0.25) is 5.91 Å². The van der Waals surface area contributed by atoms with Gasteiger partial charge in [-0.3, -0.25) is 9.59 Å². The predicted molar refractivity (Wildman–Crippen MR) is 68.1 cm³/mol. The molecule has 0 saturated heterocycles. The molecule has 2 N–H and O–H groups in total. The maximum atomic E-state index is 12.0. The summed E-state index contributed by atoms with van der Waals surface area (Å²) in [5.41, 5.74) is 0. The summed E-state index contributed by atoms with van der Waals surface area (Å²) in [7, 11) is 0. The second-order valence-corrected chi connectivity index (χ2v) is 5.78. The molecule has 2 fully saturated rings. The van der Waals surface area contributed by atoms with Crippen LogP contribution in [-0.2, 0) is 9.59 Å². The van der Waals surface area contributed by atoms with E-state index in [0.29, 0.717) is 18.8 Å². The molecule has 2 aliphatic rings. The van der Waals surface area contributed by atoms with Crippen LogP contribution < -0.4 is 5.32 Å². The van der Waals surface area contributed by atoms with Crippen molar-refractivity contribution in [3.05, 3.63) is 0 Å². The van der Waals surface area contributed by atoms with E-state index in [4.69, 9.17) is 5.11 Å². The third-order valence-electron chi connectivity index (χ3n) is 4.49. The third-order valence-corrected chi connectivity index (χ3v) is 4.49. The number of aliphatic carboxylic acids is 1. The molecule has 2 saturated carbocycles. The smallest absolute Gasteiger partial charge is 0.306 e. The molecule has 0 radical (unpaired) electrons. The molecule has 4 nitrogen and oxygen atoms in total. The number of carboxylic acids is 1. The van der Waals surface area contributed by atoms with E-state index in [0.717, 1.165) is 19.4 Å². The summed E-state index contributed by atoms with van der Waals surface area (Å²) >= 11 is 0. The molecule has 102 valence electrons. The SMILES string of the molecule is O=C(O)C1CCC(C(=O)NCC2CCCC2)CC1. The lowest BCUT2D eigenvalue weighted by Crippen LogP contribution is -2.36. The number of rotatable bonds is 4. The maximum absolute atomic E-state index is 12.0. The van der Waals surface area contributed by atoms with Crippen molar-refractivity contribution in [2.24, 2.45) is 17.8 Å². The van der Waals surface area contributed by atoms with Crippen LogP contribution in [-0.4, -0.2) is 23.5 Å². The van der Waals surface area contributed by atoms with Crippen molar-refractivity contribution >= 4 is 11.9 Å². The van der Waals surface area contributed by atoms with Crippen LogP contribution in [0, 0.1) is 17.8 Å². The Labute approximate surface area is 108 Å². The zero-order valence-corrected chi connectivity index (χ0v) is 10.9. The normalized spacial score (nSPS) is 29.1. The summed E-state index contributed by atoms with van der Waals surface area (Å²) in [5, 5.41) is 12.0. The standard InChI is InChI=1S/C14H23NO3/c16-13(15-9-10-3-1-2-4-10)11-5-7-12(8-6-11)14(17)18/h10-12H,1-9H2,(H,15,16)(H,17,18). The fourth-order valence-electron chi connectivity index (χ4n) is 3.21. The highest BCUT2D eigenvalue weighted by molar-refractivity contribution is 5.79. The largest absolute Gasteiger partial charge is 0.481 e. The Hall–Kier alpha value is -1.06. The number of hydrogen-bond acceptors (Lipinski definition) is 2. The molecule has 0 aromatic rings. The van der Waals surface area contributed by atoms with Crippen molar-refractivity contribution in [1.82, 2.24) is 5.32 Å². The van der Waals surface area contributed by atoms with Gasteiger partial charge in [-0.2, -0.15) is 0 Å². The molecule has 4 heteroatoms. The van der Waals surface area contributed by atoms with Crippen LogP contribution in [0.25, 0.3) is 0 Å². The number of amides is 1. The Bertz CT molecular complexity index is 302. The molecule has 18 heavy (non-hydrogen) atoms. The molecule has 2 aliphatic carbocycles. The minimum Gasteiger partial charge on any atom is -0.481 e. The highest BCUT2D eigenvalue weighted by atomic mass is 16.4. The molecular formula is C14H23NO3. The van der Waals surface area contributed by atoms with Gasteiger partial charge < -0.3 is 10.4 Å². The molecule has 0 atom stereocenters. The molecule has 1 amide bonds. The summed E-state index contributed by atoms with van der Waals surface area (Å²) < 4.78 is 0. The predicted octanol–water partition coefficient (Wildman–Crippen LogP) is 2.18. The number of carboxylic acid groups (broad SMARTS) is 1. The number of hydrogen-bond donors (Lipinski definition) is 2. The van der Waals surface area contributed by atoms with Crippen LogP contribution in [0.15, 0.2) is 0 Å². The first kappa shape index (κ1) is 13.4. The Morgan fingerprint density at radius 1 is 0.944 bits per heavy atom. The average molecular weight is 253 g/mol. The quantitative estimate of drug-likeness (QED) is 0.807. The zero-order valence-electron chi connectivity index (χ0n) is 10.9. The van der Waals surface area contributed by atoms with Gasteiger partial charge in [0, 0.05) is 12.5 Å². The van der Waals surface area contributed by atoms with E-state index in [1.165, 1.54) is 25.7 Å². The van der Waals surface area contributed by atoms with Crippen molar-refractivity contribution in [1.29, 1.82) is 0 Å². The minimum absolute atomic E-state index is 0.0435. The van der Waals surface area contributed by atoms with E-state index in [1.807, 2.05) is 0 Å². The first-order valence-electron chi connectivity index (χ1n) is 7.17. The maximum Gasteiger partial charge on any atom is 0.306 e. The number of carbonyl (C=O) groups is 2. The molecule has 0 bridgehead atoms. The highest BCUT2D eigenvalue weighted by Crippen LogP contribution is 2.29. The van der Waals surface area contributed by atoms with E-state index < -0.39 is 5.97 Å². The van der Waals surface area contributed by atoms with Crippen molar-refractivity contribution in [2.75, 3.05) is 6.54 Å². The fraction of sp³-hybridized carbons (Fsp3) is 0.857. The van der Waals surface area contributed by atoms with Gasteiger partial charge in [0.05, 0.1) is 5.92 Å². The van der Waals surface area contributed by atoms with Crippen LogP contribution in [0.2, 0.25) is 0 Å². The lowest BCUT2D eigenvalue weighted by atomic mass is 9.81. The molecule has 0 spiro atoms. The highest BCUT2D eigenvalue weighted by Gasteiger charge is 2.29. The fourth-order valence-corrected chi connectivity index (χ4v) is 3.21. The van der Waals surface area contributed by atoms with E-state index in [9.17, 15) is 9.59 Å². The van der Waals surface area contributed by atoms with Gasteiger partial charge >= 0.3 is 5.97 Å². The summed E-state index contributed by atoms with van der Waals surface area (Å²) in [4.78, 5) is 22.8. The molecule has 0 heterocycles. The Morgan fingerprint density at radius 3 is 2.06 bits per heavy atom. The Morgan fingerprint density at radius 2 is 1.50 bits per heavy atom. The number of carbonyl (C=O) groups excluding carboxylic acids is 1. The Kier molecular flexibility index (Phi) is 4.61. The summed E-state index contributed by atoms with van der Waals surface area (Å²) in [6.07, 6.45) is 7.83. The van der Waals surface area contributed by atoms with Gasteiger partial charge in [-0.15, -0.1) is 0 Å². The van der Waals surface area contributed by atoms with Crippen molar-refractivity contribution < 1.29 is 14.7 Å². The molecule has 0 aromatic carbocycles. The van der Waals surface area contributed by atoms with Crippen molar-refractivity contribution in [2.45, 2.75) is 51.4 Å². The van der Waals surface area contributed by atoms with Crippen LogP contribution in [0.1, 0.15) is 51.4 Å². The Balaban J connectivity index is 1.68. The second kappa shape index (κ2) is 6.21. The van der Waals surface area contributed by atoms with E-state index >= 15 is 0 Å². The van der Waals surface area contributed by atoms with E-state index in [-0.39, 0.29) is 17.7 Å². The van der Waals surface area contributed by atoms with Crippen LogP contribution in [0.4, 0.5) is 0 Å². The van der Waals surface area contributed by atoms with Gasteiger partial charge in [0.15, 0.2) is 0 Å². The average Bonchev–Trinajstić information content (AvgIpc) is 2.89. The van der Waals surface area contributed by atoms with E-state index in [1.54, 1.807) is 0 Å². The van der Waals surface area contributed by atoms with Crippen LogP contribution in [0.3, 0.4) is 0 Å². The lowest BCUT2D eigenvalue weighted by Gasteiger charge is -2.25. The second-order valence-electron chi connectivity index (χ2n) is 5.78. The topological polar surface area (TPSA) is 66.4 Å². The van der Waals surface area contributed by atoms with Gasteiger partial charge in [-0.05, 0) is 44.4 Å². The molecular weight excluding hydrogens is 230 g/mol. The summed E-state index contributed by atoms with van der Waals surface area (Å²) in [6.45, 7) is 0.817.